The van der Waals surface area contributed by atoms with Crippen LogP contribution in [-0.4, -0.2) is 9.55 Å². The summed E-state index contributed by atoms with van der Waals surface area (Å²) in [5.74, 6) is 0.0522. The molecular weight excluding hydrogens is 524 g/mol. The molecule has 0 unspecified atom stereocenters. The van der Waals surface area contributed by atoms with Gasteiger partial charge in [0.15, 0.2) is 0 Å². The Labute approximate surface area is 252 Å². The van der Waals surface area contributed by atoms with Crippen molar-refractivity contribution in [1.82, 2.24) is 9.55 Å². The SMILES string of the molecule is [2H]C([2H])([2H])c1nc2ccccc2n1-c1cccc(-c2c3ccccc3c(-c3cccc4oc5ccccc5c34)c3ccccc23)c1. The number of imidazole rings is 1. The van der Waals surface area contributed by atoms with Crippen LogP contribution in [0, 0.1) is 6.85 Å². The van der Waals surface area contributed by atoms with Crippen molar-refractivity contribution in [1.29, 1.82) is 0 Å². The van der Waals surface area contributed by atoms with E-state index in [2.05, 4.69) is 89.9 Å². The minimum Gasteiger partial charge on any atom is -0.456 e. The van der Waals surface area contributed by atoms with Crippen molar-refractivity contribution in [2.45, 2.75) is 6.85 Å². The van der Waals surface area contributed by atoms with Crippen LogP contribution in [0.25, 0.3) is 82.5 Å². The lowest BCUT2D eigenvalue weighted by atomic mass is 9.85. The second-order valence-corrected chi connectivity index (χ2v) is 10.9. The van der Waals surface area contributed by atoms with E-state index in [9.17, 15) is 0 Å². The van der Waals surface area contributed by atoms with E-state index in [1.165, 1.54) is 0 Å². The van der Waals surface area contributed by atoms with Crippen LogP contribution in [0.4, 0.5) is 0 Å². The molecule has 0 aliphatic rings. The van der Waals surface area contributed by atoms with Gasteiger partial charge in [0.05, 0.1) is 11.0 Å². The van der Waals surface area contributed by atoms with Crippen LogP contribution in [0.3, 0.4) is 0 Å². The molecule has 0 aliphatic carbocycles. The first-order valence-corrected chi connectivity index (χ1v) is 14.4. The first-order chi connectivity index (χ1) is 22.5. The molecule has 0 N–H and O–H groups in total. The Kier molecular flexibility index (Phi) is 4.50. The van der Waals surface area contributed by atoms with Crippen molar-refractivity contribution in [2.75, 3.05) is 0 Å². The van der Waals surface area contributed by atoms with Crippen LogP contribution >= 0.6 is 0 Å². The third kappa shape index (κ3) is 3.52. The van der Waals surface area contributed by atoms with Gasteiger partial charge in [-0.1, -0.05) is 103 Å². The fourth-order valence-corrected chi connectivity index (χ4v) is 6.80. The third-order valence-corrected chi connectivity index (χ3v) is 8.56. The van der Waals surface area contributed by atoms with E-state index in [4.69, 9.17) is 8.53 Å². The van der Waals surface area contributed by atoms with E-state index < -0.39 is 6.85 Å². The highest BCUT2D eigenvalue weighted by molar-refractivity contribution is 6.25. The number of furan rings is 1. The van der Waals surface area contributed by atoms with E-state index in [1.54, 1.807) is 4.57 Å². The van der Waals surface area contributed by atoms with Gasteiger partial charge in [-0.15, -0.1) is 0 Å². The minimum atomic E-state index is -2.38. The summed E-state index contributed by atoms with van der Waals surface area (Å²) in [6.07, 6.45) is 0. The summed E-state index contributed by atoms with van der Waals surface area (Å²) in [5.41, 5.74) is 8.28. The quantitative estimate of drug-likeness (QED) is 0.204. The summed E-state index contributed by atoms with van der Waals surface area (Å²) < 4.78 is 32.9. The Morgan fingerprint density at radius 3 is 1.98 bits per heavy atom. The summed E-state index contributed by atoms with van der Waals surface area (Å²) in [5, 5.41) is 6.70. The lowest BCUT2D eigenvalue weighted by molar-refractivity contribution is 0.669. The molecule has 9 rings (SSSR count). The Hall–Kier alpha value is -5.67. The molecule has 202 valence electrons. The number of aryl methyl sites for hydroxylation is 1. The highest BCUT2D eigenvalue weighted by atomic mass is 16.3. The van der Waals surface area contributed by atoms with Gasteiger partial charge in [-0.3, -0.25) is 4.57 Å². The minimum absolute atomic E-state index is 0.0522. The Bertz CT molecular complexity index is 2590. The van der Waals surface area contributed by atoms with Crippen LogP contribution < -0.4 is 0 Å². The van der Waals surface area contributed by atoms with Crippen LogP contribution in [-0.2, 0) is 0 Å². The average Bonchev–Trinajstić information content (AvgIpc) is 3.67. The second kappa shape index (κ2) is 9.17. The molecule has 0 amide bonds. The van der Waals surface area contributed by atoms with E-state index >= 15 is 0 Å². The van der Waals surface area contributed by atoms with Crippen molar-refractivity contribution >= 4 is 54.5 Å². The molecular formula is C40H26N2O. The van der Waals surface area contributed by atoms with Crippen molar-refractivity contribution in [3.8, 4) is 27.9 Å². The van der Waals surface area contributed by atoms with Crippen molar-refractivity contribution in [3.63, 3.8) is 0 Å². The van der Waals surface area contributed by atoms with Crippen molar-refractivity contribution < 1.29 is 8.53 Å². The summed E-state index contributed by atoms with van der Waals surface area (Å²) in [6, 6.07) is 47.3. The monoisotopic (exact) mass is 553 g/mol. The van der Waals surface area contributed by atoms with Gasteiger partial charge in [0.2, 0.25) is 0 Å². The number of benzene rings is 7. The van der Waals surface area contributed by atoms with Gasteiger partial charge < -0.3 is 4.42 Å². The number of aromatic nitrogens is 2. The zero-order valence-electron chi connectivity index (χ0n) is 26.1. The van der Waals surface area contributed by atoms with Crippen LogP contribution in [0.2, 0.25) is 0 Å². The molecule has 0 bridgehead atoms. The largest absolute Gasteiger partial charge is 0.456 e. The van der Waals surface area contributed by atoms with E-state index in [0.717, 1.165) is 76.9 Å². The average molecular weight is 554 g/mol. The molecule has 0 spiro atoms. The summed E-state index contributed by atoms with van der Waals surface area (Å²) in [4.78, 5) is 4.54. The highest BCUT2D eigenvalue weighted by Gasteiger charge is 2.20. The first-order valence-electron chi connectivity index (χ1n) is 15.9. The van der Waals surface area contributed by atoms with Gasteiger partial charge in [0, 0.05) is 20.6 Å². The van der Waals surface area contributed by atoms with Gasteiger partial charge >= 0.3 is 0 Å². The Balaban J connectivity index is 1.36. The first kappa shape index (κ1) is 21.1. The predicted octanol–water partition coefficient (Wildman–Crippen LogP) is 10.9. The number of hydrogen-bond acceptors (Lipinski definition) is 2. The number of nitrogens with zero attached hydrogens (tertiary/aromatic N) is 2. The Morgan fingerprint density at radius 2 is 1.21 bits per heavy atom. The number of rotatable bonds is 3. The zero-order valence-corrected chi connectivity index (χ0v) is 23.1. The number of fused-ring (bicyclic) bond motifs is 6. The zero-order chi connectivity index (χ0) is 31.0. The summed E-state index contributed by atoms with van der Waals surface area (Å²) in [7, 11) is 0. The molecule has 2 heterocycles. The van der Waals surface area contributed by atoms with Crippen molar-refractivity contribution in [2.24, 2.45) is 0 Å². The summed E-state index contributed by atoms with van der Waals surface area (Å²) >= 11 is 0. The molecule has 0 saturated carbocycles. The molecule has 0 atom stereocenters. The maximum absolute atomic E-state index is 8.27. The van der Waals surface area contributed by atoms with E-state index in [0.29, 0.717) is 5.52 Å². The molecule has 0 radical (unpaired) electrons. The molecule has 3 nitrogen and oxygen atoms in total. The van der Waals surface area contributed by atoms with Gasteiger partial charge in [-0.25, -0.2) is 4.98 Å². The highest BCUT2D eigenvalue weighted by Crippen LogP contribution is 2.47. The fourth-order valence-electron chi connectivity index (χ4n) is 6.80. The van der Waals surface area contributed by atoms with E-state index in [1.807, 2.05) is 54.6 Å². The molecule has 2 aromatic heterocycles. The normalized spacial score (nSPS) is 13.2. The van der Waals surface area contributed by atoms with E-state index in [-0.39, 0.29) is 5.82 Å². The van der Waals surface area contributed by atoms with Crippen LogP contribution in [0.1, 0.15) is 9.94 Å². The predicted molar refractivity (Wildman–Crippen MR) is 179 cm³/mol. The molecule has 0 fully saturated rings. The van der Waals surface area contributed by atoms with Gasteiger partial charge in [0.25, 0.3) is 0 Å². The van der Waals surface area contributed by atoms with Gasteiger partial charge in [-0.2, -0.15) is 0 Å². The second-order valence-electron chi connectivity index (χ2n) is 10.9. The molecule has 7 aromatic carbocycles. The Morgan fingerprint density at radius 1 is 0.581 bits per heavy atom. The molecule has 43 heavy (non-hydrogen) atoms. The molecule has 9 aromatic rings. The molecule has 0 aliphatic heterocycles. The standard InChI is InChI=1S/C40H26N2O/c1-25-41-34-20-7-8-21-35(34)42(25)27-13-10-12-26(24-27)38-28-14-2-4-16-30(28)39(31-17-5-3-15-29(31)38)33-19-11-23-37-40(33)32-18-6-9-22-36(32)43-37/h2-24H,1H3/i1D3. The fraction of sp³-hybridized carbons (Fsp3) is 0.0250. The molecule has 3 heteroatoms. The maximum Gasteiger partial charge on any atom is 0.136 e. The van der Waals surface area contributed by atoms with Crippen molar-refractivity contribution in [3.05, 3.63) is 145 Å². The lowest BCUT2D eigenvalue weighted by Crippen LogP contribution is -1.97. The van der Waals surface area contributed by atoms with Gasteiger partial charge in [0.1, 0.15) is 17.0 Å². The smallest absolute Gasteiger partial charge is 0.136 e. The molecule has 0 saturated heterocycles. The van der Waals surface area contributed by atoms with Gasteiger partial charge in [-0.05, 0) is 87.0 Å². The maximum atomic E-state index is 8.27. The lowest BCUT2D eigenvalue weighted by Gasteiger charge is -2.19. The van der Waals surface area contributed by atoms with Crippen LogP contribution in [0.5, 0.6) is 0 Å². The number of hydrogen-bond donors (Lipinski definition) is 0. The number of para-hydroxylation sites is 3. The third-order valence-electron chi connectivity index (χ3n) is 8.56. The topological polar surface area (TPSA) is 31.0 Å². The van der Waals surface area contributed by atoms with Crippen LogP contribution in [0.15, 0.2) is 144 Å². The summed E-state index contributed by atoms with van der Waals surface area (Å²) in [6.45, 7) is -2.38.